The SMILES string of the molecule is CCCCC[C@H]1CCCN(CC2CCCCC2C)C1. The van der Waals surface area contributed by atoms with Crippen molar-refractivity contribution in [1.29, 1.82) is 0 Å². The minimum absolute atomic E-state index is 0.981. The maximum absolute atomic E-state index is 2.81. The molecule has 1 nitrogen and oxygen atoms in total. The summed E-state index contributed by atoms with van der Waals surface area (Å²) < 4.78 is 0. The molecule has 1 aliphatic carbocycles. The topological polar surface area (TPSA) is 3.24 Å². The van der Waals surface area contributed by atoms with Gasteiger partial charge < -0.3 is 4.90 Å². The van der Waals surface area contributed by atoms with Crippen molar-refractivity contribution in [2.24, 2.45) is 17.8 Å². The van der Waals surface area contributed by atoms with Gasteiger partial charge in [-0.05, 0) is 50.0 Å². The van der Waals surface area contributed by atoms with Crippen LogP contribution in [0.1, 0.15) is 78.1 Å². The van der Waals surface area contributed by atoms with Gasteiger partial charge in [-0.1, -0.05) is 52.4 Å². The Balaban J connectivity index is 1.70. The van der Waals surface area contributed by atoms with Gasteiger partial charge in [-0.3, -0.25) is 0 Å². The highest BCUT2D eigenvalue weighted by Gasteiger charge is 2.26. The number of piperidine rings is 1. The van der Waals surface area contributed by atoms with Gasteiger partial charge in [-0.2, -0.15) is 0 Å². The second-order valence-electron chi connectivity index (χ2n) is 7.29. The highest BCUT2D eigenvalue weighted by Crippen LogP contribution is 2.31. The summed E-state index contributed by atoms with van der Waals surface area (Å²) >= 11 is 0. The first-order valence-corrected chi connectivity index (χ1v) is 9.02. The van der Waals surface area contributed by atoms with Gasteiger partial charge >= 0.3 is 0 Å². The molecule has 3 atom stereocenters. The molecule has 0 bridgehead atoms. The largest absolute Gasteiger partial charge is 0.303 e. The van der Waals surface area contributed by atoms with E-state index >= 15 is 0 Å². The molecule has 1 heteroatoms. The second kappa shape index (κ2) is 8.29. The van der Waals surface area contributed by atoms with Crippen LogP contribution in [0, 0.1) is 17.8 Å². The van der Waals surface area contributed by atoms with Gasteiger partial charge in [0.05, 0.1) is 0 Å². The van der Waals surface area contributed by atoms with Crippen molar-refractivity contribution in [1.82, 2.24) is 4.90 Å². The Morgan fingerprint density at radius 3 is 2.63 bits per heavy atom. The van der Waals surface area contributed by atoms with E-state index in [4.69, 9.17) is 0 Å². The lowest BCUT2D eigenvalue weighted by molar-refractivity contribution is 0.111. The van der Waals surface area contributed by atoms with Crippen LogP contribution in [-0.4, -0.2) is 24.5 Å². The van der Waals surface area contributed by atoms with E-state index in [0.717, 1.165) is 17.8 Å². The Labute approximate surface area is 121 Å². The van der Waals surface area contributed by atoms with Crippen molar-refractivity contribution in [2.45, 2.75) is 78.1 Å². The molecule has 0 aromatic heterocycles. The van der Waals surface area contributed by atoms with Crippen LogP contribution in [0.15, 0.2) is 0 Å². The Bertz CT molecular complexity index is 238. The molecule has 1 saturated heterocycles. The van der Waals surface area contributed by atoms with Crippen molar-refractivity contribution < 1.29 is 0 Å². The molecular formula is C18H35N. The summed E-state index contributed by atoms with van der Waals surface area (Å²) in [6, 6.07) is 0. The molecule has 1 heterocycles. The number of unbranched alkanes of at least 4 members (excludes halogenated alkanes) is 2. The van der Waals surface area contributed by atoms with Crippen LogP contribution in [0.5, 0.6) is 0 Å². The number of likely N-dealkylation sites (tertiary alicyclic amines) is 1. The van der Waals surface area contributed by atoms with Crippen molar-refractivity contribution in [3.05, 3.63) is 0 Å². The van der Waals surface area contributed by atoms with Crippen LogP contribution >= 0.6 is 0 Å². The number of nitrogens with zero attached hydrogens (tertiary/aromatic N) is 1. The molecule has 19 heavy (non-hydrogen) atoms. The molecule has 2 aliphatic rings. The zero-order chi connectivity index (χ0) is 13.5. The van der Waals surface area contributed by atoms with Crippen LogP contribution in [0.2, 0.25) is 0 Å². The summed E-state index contributed by atoms with van der Waals surface area (Å²) in [5, 5.41) is 0. The molecule has 2 unspecified atom stereocenters. The van der Waals surface area contributed by atoms with E-state index in [1.165, 1.54) is 83.8 Å². The quantitative estimate of drug-likeness (QED) is 0.604. The standard InChI is InChI=1S/C18H35N/c1-3-4-5-10-17-11-8-13-19(14-17)15-18-12-7-6-9-16(18)2/h16-18H,3-15H2,1-2H3/t16?,17-,18?/m0/s1. The monoisotopic (exact) mass is 265 g/mol. The highest BCUT2D eigenvalue weighted by atomic mass is 15.1. The molecule has 0 aromatic carbocycles. The molecule has 2 fully saturated rings. The van der Waals surface area contributed by atoms with Crippen LogP contribution in [0.4, 0.5) is 0 Å². The van der Waals surface area contributed by atoms with Gasteiger partial charge in [0.2, 0.25) is 0 Å². The summed E-state index contributed by atoms with van der Waals surface area (Å²) in [6.45, 7) is 9.01. The molecule has 0 spiro atoms. The highest BCUT2D eigenvalue weighted by molar-refractivity contribution is 4.79. The van der Waals surface area contributed by atoms with Crippen LogP contribution in [-0.2, 0) is 0 Å². The third kappa shape index (κ3) is 5.10. The van der Waals surface area contributed by atoms with Gasteiger partial charge in [-0.25, -0.2) is 0 Å². The van der Waals surface area contributed by atoms with Gasteiger partial charge in [0.25, 0.3) is 0 Å². The lowest BCUT2D eigenvalue weighted by atomic mass is 9.79. The van der Waals surface area contributed by atoms with E-state index in [-0.39, 0.29) is 0 Å². The first kappa shape index (κ1) is 15.4. The van der Waals surface area contributed by atoms with E-state index < -0.39 is 0 Å². The van der Waals surface area contributed by atoms with E-state index in [2.05, 4.69) is 18.7 Å². The fraction of sp³-hybridized carbons (Fsp3) is 1.00. The first-order valence-electron chi connectivity index (χ1n) is 9.02. The molecule has 1 aliphatic heterocycles. The lowest BCUT2D eigenvalue weighted by Gasteiger charge is -2.38. The molecule has 0 aromatic rings. The zero-order valence-electron chi connectivity index (χ0n) is 13.4. The fourth-order valence-electron chi connectivity index (χ4n) is 4.23. The van der Waals surface area contributed by atoms with Crippen LogP contribution in [0.25, 0.3) is 0 Å². The summed E-state index contributed by atoms with van der Waals surface area (Å²) in [6.07, 6.45) is 14.7. The molecule has 1 saturated carbocycles. The average molecular weight is 265 g/mol. The number of hydrogen-bond acceptors (Lipinski definition) is 1. The maximum Gasteiger partial charge on any atom is 0.00123 e. The zero-order valence-corrected chi connectivity index (χ0v) is 13.4. The summed E-state index contributed by atoms with van der Waals surface area (Å²) in [5.74, 6) is 3.00. The van der Waals surface area contributed by atoms with E-state index in [0.29, 0.717) is 0 Å². The van der Waals surface area contributed by atoms with Crippen LogP contribution < -0.4 is 0 Å². The molecule has 2 rings (SSSR count). The van der Waals surface area contributed by atoms with E-state index in [1.54, 1.807) is 0 Å². The lowest BCUT2D eigenvalue weighted by Crippen LogP contribution is -2.40. The molecule has 0 amide bonds. The Morgan fingerprint density at radius 2 is 1.84 bits per heavy atom. The average Bonchev–Trinajstić information content (AvgIpc) is 2.42. The van der Waals surface area contributed by atoms with Gasteiger partial charge in [0, 0.05) is 13.1 Å². The van der Waals surface area contributed by atoms with Gasteiger partial charge in [0.1, 0.15) is 0 Å². The second-order valence-corrected chi connectivity index (χ2v) is 7.29. The van der Waals surface area contributed by atoms with Crippen molar-refractivity contribution >= 4 is 0 Å². The molecule has 0 radical (unpaired) electrons. The summed E-state index contributed by atoms with van der Waals surface area (Å²) in [4.78, 5) is 2.81. The molecular weight excluding hydrogens is 230 g/mol. The van der Waals surface area contributed by atoms with Crippen molar-refractivity contribution in [3.8, 4) is 0 Å². The fourth-order valence-corrected chi connectivity index (χ4v) is 4.23. The predicted octanol–water partition coefficient (Wildman–Crippen LogP) is 5.11. The maximum atomic E-state index is 2.81. The third-order valence-electron chi connectivity index (χ3n) is 5.60. The Hall–Kier alpha value is -0.0400. The smallest absolute Gasteiger partial charge is 0.00123 e. The minimum atomic E-state index is 0.981. The van der Waals surface area contributed by atoms with E-state index in [1.807, 2.05) is 0 Å². The normalized spacial score (nSPS) is 33.5. The Kier molecular flexibility index (Phi) is 6.70. The summed E-state index contributed by atoms with van der Waals surface area (Å²) in [7, 11) is 0. The van der Waals surface area contributed by atoms with Gasteiger partial charge in [0.15, 0.2) is 0 Å². The van der Waals surface area contributed by atoms with Crippen molar-refractivity contribution in [3.63, 3.8) is 0 Å². The molecule has 0 N–H and O–H groups in total. The Morgan fingerprint density at radius 1 is 1.00 bits per heavy atom. The third-order valence-corrected chi connectivity index (χ3v) is 5.60. The first-order chi connectivity index (χ1) is 9.29. The van der Waals surface area contributed by atoms with Crippen molar-refractivity contribution in [2.75, 3.05) is 19.6 Å². The van der Waals surface area contributed by atoms with Gasteiger partial charge in [-0.15, -0.1) is 0 Å². The van der Waals surface area contributed by atoms with E-state index in [9.17, 15) is 0 Å². The summed E-state index contributed by atoms with van der Waals surface area (Å²) in [5.41, 5.74) is 0. The number of hydrogen-bond donors (Lipinski definition) is 0. The predicted molar refractivity (Wildman–Crippen MR) is 84.4 cm³/mol. The minimum Gasteiger partial charge on any atom is -0.303 e. The number of rotatable bonds is 6. The molecule has 112 valence electrons. The van der Waals surface area contributed by atoms with Crippen LogP contribution in [0.3, 0.4) is 0 Å².